The van der Waals surface area contributed by atoms with E-state index >= 15 is 0 Å². The minimum Gasteiger partial charge on any atom is -0.347 e. The quantitative estimate of drug-likeness (QED) is 0.549. The highest BCUT2D eigenvalue weighted by Gasteiger charge is 2.11. The van der Waals surface area contributed by atoms with Gasteiger partial charge in [-0.2, -0.15) is 15.0 Å². The molecule has 124 valence electrons. The van der Waals surface area contributed by atoms with E-state index < -0.39 is 0 Å². The first-order valence-corrected chi connectivity index (χ1v) is 7.73. The van der Waals surface area contributed by atoms with Crippen LogP contribution in [0.1, 0.15) is 0 Å². The summed E-state index contributed by atoms with van der Waals surface area (Å²) in [6.07, 6.45) is 7.07. The molecule has 1 aliphatic heterocycles. The molecule has 0 amide bonds. The second kappa shape index (κ2) is 5.56. The molecule has 9 heteroatoms. The van der Waals surface area contributed by atoms with Gasteiger partial charge in [0.2, 0.25) is 5.95 Å². The Morgan fingerprint density at radius 2 is 2.24 bits per heavy atom. The highest BCUT2D eigenvalue weighted by molar-refractivity contribution is 5.81. The molecular formula is C16H13N7O2. The highest BCUT2D eigenvalue weighted by atomic mass is 17.2. The second-order valence-corrected chi connectivity index (χ2v) is 5.55. The van der Waals surface area contributed by atoms with Crippen molar-refractivity contribution in [3.63, 3.8) is 0 Å². The summed E-state index contributed by atoms with van der Waals surface area (Å²) in [5.41, 5.74) is 3.33. The molecule has 0 atom stereocenters. The summed E-state index contributed by atoms with van der Waals surface area (Å²) >= 11 is 0. The highest BCUT2D eigenvalue weighted by Crippen LogP contribution is 2.20. The predicted molar refractivity (Wildman–Crippen MR) is 89.9 cm³/mol. The van der Waals surface area contributed by atoms with Crippen LogP contribution >= 0.6 is 0 Å². The Kier molecular flexibility index (Phi) is 3.10. The molecule has 4 heterocycles. The van der Waals surface area contributed by atoms with E-state index in [0.29, 0.717) is 30.5 Å². The molecule has 0 spiro atoms. The molecule has 5 rings (SSSR count). The molecule has 1 aliphatic rings. The zero-order valence-corrected chi connectivity index (χ0v) is 13.0. The average Bonchev–Trinajstić information content (AvgIpc) is 3.38. The van der Waals surface area contributed by atoms with Gasteiger partial charge in [-0.3, -0.25) is 9.67 Å². The lowest BCUT2D eigenvalue weighted by molar-refractivity contribution is -0.233. The number of benzene rings is 1. The maximum atomic E-state index is 4.99. The topological polar surface area (TPSA) is 103 Å². The van der Waals surface area contributed by atoms with E-state index in [1.165, 1.54) is 0 Å². The number of H-pyrrole nitrogens is 1. The first-order chi connectivity index (χ1) is 12.4. The van der Waals surface area contributed by atoms with Crippen molar-refractivity contribution < 1.29 is 9.78 Å². The van der Waals surface area contributed by atoms with Gasteiger partial charge in [0.25, 0.3) is 0 Å². The number of imidazole rings is 1. The molecule has 9 nitrogen and oxygen atoms in total. The number of aromatic nitrogens is 6. The van der Waals surface area contributed by atoms with Gasteiger partial charge < -0.3 is 10.2 Å². The second-order valence-electron chi connectivity index (χ2n) is 5.55. The van der Waals surface area contributed by atoms with Crippen LogP contribution in [0, 0.1) is 0 Å². The molecule has 0 fully saturated rings. The number of hydrogen-bond acceptors (Lipinski definition) is 7. The van der Waals surface area contributed by atoms with Crippen molar-refractivity contribution in [2.75, 3.05) is 18.5 Å². The van der Waals surface area contributed by atoms with Crippen LogP contribution in [0.3, 0.4) is 0 Å². The van der Waals surface area contributed by atoms with Gasteiger partial charge in [-0.15, -0.1) is 0 Å². The van der Waals surface area contributed by atoms with Crippen LogP contribution in [0.5, 0.6) is 0 Å². The molecule has 0 radical (unpaired) electrons. The van der Waals surface area contributed by atoms with Gasteiger partial charge in [0.1, 0.15) is 18.5 Å². The van der Waals surface area contributed by atoms with Gasteiger partial charge in [0.05, 0.1) is 30.1 Å². The Morgan fingerprint density at radius 3 is 3.16 bits per heavy atom. The number of nitrogens with zero attached hydrogens (tertiary/aromatic N) is 5. The Balaban J connectivity index is 1.50. The standard InChI is InChI=1S/C16H13N7O2/c1-2-11(5-13-10(1)6-20-22-13)23-9-19-14-8-18-16(21-15(14)23)17-7-12-3-4-24-25-12/h1-3,5-6,8-9H,4,7H2,(H,20,22)(H,17,18,21). The molecule has 4 aromatic rings. The minimum atomic E-state index is 0.458. The lowest BCUT2D eigenvalue weighted by Gasteiger charge is -2.06. The van der Waals surface area contributed by atoms with E-state index in [4.69, 9.17) is 9.78 Å². The summed E-state index contributed by atoms with van der Waals surface area (Å²) in [6, 6.07) is 6.01. The van der Waals surface area contributed by atoms with Crippen molar-refractivity contribution in [3.8, 4) is 5.69 Å². The normalized spacial score (nSPS) is 14.0. The number of rotatable bonds is 4. The fourth-order valence-corrected chi connectivity index (χ4v) is 2.70. The summed E-state index contributed by atoms with van der Waals surface area (Å²) in [6.45, 7) is 0.916. The van der Waals surface area contributed by atoms with Crippen molar-refractivity contribution in [3.05, 3.63) is 48.8 Å². The zero-order valence-electron chi connectivity index (χ0n) is 13.0. The minimum absolute atomic E-state index is 0.458. The van der Waals surface area contributed by atoms with E-state index in [1.807, 2.05) is 28.8 Å². The number of aromatic amines is 1. The third kappa shape index (κ3) is 2.46. The predicted octanol–water partition coefficient (Wildman–Crippen LogP) is 1.95. The average molecular weight is 335 g/mol. The monoisotopic (exact) mass is 335 g/mol. The van der Waals surface area contributed by atoms with Crippen LogP contribution in [0.4, 0.5) is 5.95 Å². The Labute approximate surface area is 141 Å². The van der Waals surface area contributed by atoms with E-state index in [-0.39, 0.29) is 0 Å². The van der Waals surface area contributed by atoms with Crippen molar-refractivity contribution >= 4 is 28.0 Å². The van der Waals surface area contributed by atoms with Crippen LogP contribution in [-0.2, 0) is 9.78 Å². The summed E-state index contributed by atoms with van der Waals surface area (Å²) in [4.78, 5) is 23.0. The van der Waals surface area contributed by atoms with Crippen molar-refractivity contribution in [1.29, 1.82) is 0 Å². The lowest BCUT2D eigenvalue weighted by Crippen LogP contribution is -2.08. The third-order valence-electron chi connectivity index (χ3n) is 3.96. The lowest BCUT2D eigenvalue weighted by atomic mass is 10.2. The largest absolute Gasteiger partial charge is 0.347 e. The fourth-order valence-electron chi connectivity index (χ4n) is 2.70. The van der Waals surface area contributed by atoms with Crippen molar-refractivity contribution in [2.45, 2.75) is 0 Å². The molecule has 0 saturated carbocycles. The SMILES string of the molecule is C1=C(CNc2ncc3ncn(-c4ccc5cn[nH]c5c4)c3n2)OOC1. The summed E-state index contributed by atoms with van der Waals surface area (Å²) in [5.74, 6) is 1.20. The maximum absolute atomic E-state index is 4.99. The maximum Gasteiger partial charge on any atom is 0.225 e. The van der Waals surface area contributed by atoms with E-state index in [1.54, 1.807) is 18.7 Å². The molecular weight excluding hydrogens is 322 g/mol. The van der Waals surface area contributed by atoms with Crippen LogP contribution in [0.25, 0.3) is 27.8 Å². The van der Waals surface area contributed by atoms with Gasteiger partial charge >= 0.3 is 0 Å². The number of anilines is 1. The van der Waals surface area contributed by atoms with Gasteiger partial charge in [-0.1, -0.05) is 0 Å². The van der Waals surface area contributed by atoms with Gasteiger partial charge in [0, 0.05) is 5.39 Å². The molecule has 0 bridgehead atoms. The van der Waals surface area contributed by atoms with Crippen molar-refractivity contribution in [2.24, 2.45) is 0 Å². The molecule has 25 heavy (non-hydrogen) atoms. The summed E-state index contributed by atoms with van der Waals surface area (Å²) in [7, 11) is 0. The van der Waals surface area contributed by atoms with Gasteiger partial charge in [0.15, 0.2) is 11.4 Å². The first kappa shape index (κ1) is 13.9. The molecule has 0 aliphatic carbocycles. The Bertz CT molecular complexity index is 1100. The molecule has 3 aromatic heterocycles. The van der Waals surface area contributed by atoms with E-state index in [0.717, 1.165) is 22.1 Å². The molecule has 0 saturated heterocycles. The number of nitrogens with one attached hydrogen (secondary N) is 2. The van der Waals surface area contributed by atoms with E-state index in [9.17, 15) is 0 Å². The fraction of sp³-hybridized carbons (Fsp3) is 0.125. The zero-order chi connectivity index (χ0) is 16.6. The third-order valence-corrected chi connectivity index (χ3v) is 3.96. The van der Waals surface area contributed by atoms with Crippen LogP contribution in [0.2, 0.25) is 0 Å². The molecule has 1 aromatic carbocycles. The van der Waals surface area contributed by atoms with Crippen LogP contribution in [0.15, 0.2) is 48.8 Å². The van der Waals surface area contributed by atoms with Crippen LogP contribution < -0.4 is 5.32 Å². The van der Waals surface area contributed by atoms with Gasteiger partial charge in [-0.05, 0) is 24.3 Å². The number of hydrogen-bond donors (Lipinski definition) is 2. The van der Waals surface area contributed by atoms with Crippen LogP contribution in [-0.4, -0.2) is 42.9 Å². The molecule has 0 unspecified atom stereocenters. The first-order valence-electron chi connectivity index (χ1n) is 7.73. The summed E-state index contributed by atoms with van der Waals surface area (Å²) < 4.78 is 1.91. The smallest absolute Gasteiger partial charge is 0.225 e. The number of fused-ring (bicyclic) bond motifs is 2. The summed E-state index contributed by atoms with van der Waals surface area (Å²) in [5, 5.41) is 11.2. The Morgan fingerprint density at radius 1 is 1.24 bits per heavy atom. The van der Waals surface area contributed by atoms with E-state index in [2.05, 4.69) is 30.5 Å². The van der Waals surface area contributed by atoms with Gasteiger partial charge in [-0.25, -0.2) is 9.97 Å². The van der Waals surface area contributed by atoms with Crippen molar-refractivity contribution in [1.82, 2.24) is 29.7 Å². The Hall–Kier alpha value is -3.46. The molecule has 2 N–H and O–H groups in total.